The van der Waals surface area contributed by atoms with Crippen molar-refractivity contribution in [2.45, 2.75) is 20.8 Å². The zero-order valence-corrected chi connectivity index (χ0v) is 12.7. The van der Waals surface area contributed by atoms with Crippen LogP contribution in [0.15, 0.2) is 24.3 Å². The fourth-order valence-corrected chi connectivity index (χ4v) is 3.42. The molecule has 0 fully saturated rings. The molecule has 0 spiro atoms. The summed E-state index contributed by atoms with van der Waals surface area (Å²) in [6.45, 7) is 5.30. The highest BCUT2D eigenvalue weighted by atomic mass is 32.2. The standard InChI is InChI=1S/C13H20N2O4S/c1-4-14(5-2)20(18,19)15(10-13(16)17)12-8-6-11(3)7-9-12/h6-9H,4-5,10H2,1-3H3,(H,16,17). The minimum absolute atomic E-state index is 0.292. The van der Waals surface area contributed by atoms with Gasteiger partial charge < -0.3 is 5.11 Å². The van der Waals surface area contributed by atoms with E-state index >= 15 is 0 Å². The fourth-order valence-electron chi connectivity index (χ4n) is 1.83. The summed E-state index contributed by atoms with van der Waals surface area (Å²) in [6.07, 6.45) is 0. The van der Waals surface area contributed by atoms with Gasteiger partial charge in [-0.3, -0.25) is 4.79 Å². The number of rotatable bonds is 7. The van der Waals surface area contributed by atoms with E-state index in [9.17, 15) is 13.2 Å². The third-order valence-corrected chi connectivity index (χ3v) is 4.98. The molecule has 1 rings (SSSR count). The second kappa shape index (κ2) is 6.71. The number of hydrogen-bond donors (Lipinski definition) is 1. The van der Waals surface area contributed by atoms with Crippen molar-refractivity contribution in [1.82, 2.24) is 4.31 Å². The van der Waals surface area contributed by atoms with Gasteiger partial charge in [-0.25, -0.2) is 4.31 Å². The van der Waals surface area contributed by atoms with Crippen LogP contribution in [0.2, 0.25) is 0 Å². The van der Waals surface area contributed by atoms with Crippen LogP contribution in [-0.4, -0.2) is 43.4 Å². The Morgan fingerprint density at radius 2 is 1.65 bits per heavy atom. The first-order chi connectivity index (χ1) is 9.32. The second-order valence-electron chi connectivity index (χ2n) is 4.33. The van der Waals surface area contributed by atoms with E-state index in [2.05, 4.69) is 0 Å². The molecule has 6 nitrogen and oxygen atoms in total. The van der Waals surface area contributed by atoms with Crippen molar-refractivity contribution < 1.29 is 18.3 Å². The van der Waals surface area contributed by atoms with Crippen LogP contribution in [0, 0.1) is 6.92 Å². The Morgan fingerprint density at radius 3 is 2.05 bits per heavy atom. The molecular weight excluding hydrogens is 280 g/mol. The van der Waals surface area contributed by atoms with E-state index < -0.39 is 22.7 Å². The SMILES string of the molecule is CCN(CC)S(=O)(=O)N(CC(=O)O)c1ccc(C)cc1. The molecule has 0 unspecified atom stereocenters. The molecule has 0 aliphatic heterocycles. The van der Waals surface area contributed by atoms with Gasteiger partial charge in [-0.15, -0.1) is 0 Å². The lowest BCUT2D eigenvalue weighted by atomic mass is 10.2. The summed E-state index contributed by atoms with van der Waals surface area (Å²) >= 11 is 0. The van der Waals surface area contributed by atoms with Crippen LogP contribution in [-0.2, 0) is 15.0 Å². The quantitative estimate of drug-likeness (QED) is 0.827. The van der Waals surface area contributed by atoms with Gasteiger partial charge in [0.25, 0.3) is 0 Å². The largest absolute Gasteiger partial charge is 0.480 e. The molecule has 0 aliphatic carbocycles. The van der Waals surface area contributed by atoms with E-state index in [1.165, 1.54) is 4.31 Å². The third-order valence-electron chi connectivity index (χ3n) is 2.91. The molecule has 0 radical (unpaired) electrons. The zero-order valence-electron chi connectivity index (χ0n) is 11.9. The summed E-state index contributed by atoms with van der Waals surface area (Å²) in [4.78, 5) is 11.0. The zero-order chi connectivity index (χ0) is 15.3. The van der Waals surface area contributed by atoms with E-state index in [4.69, 9.17) is 5.11 Å². The third kappa shape index (κ3) is 3.71. The molecule has 0 amide bonds. The molecule has 112 valence electrons. The van der Waals surface area contributed by atoms with E-state index in [1.807, 2.05) is 6.92 Å². The number of hydrogen-bond acceptors (Lipinski definition) is 3. The normalized spacial score (nSPS) is 11.6. The first-order valence-corrected chi connectivity index (χ1v) is 7.78. The smallest absolute Gasteiger partial charge is 0.324 e. The highest BCUT2D eigenvalue weighted by molar-refractivity contribution is 7.90. The topological polar surface area (TPSA) is 77.9 Å². The Kier molecular flexibility index (Phi) is 5.52. The minimum atomic E-state index is -3.84. The molecule has 0 atom stereocenters. The molecular formula is C13H20N2O4S. The Bertz CT molecular complexity index is 550. The molecule has 7 heteroatoms. The summed E-state index contributed by atoms with van der Waals surface area (Å²) in [6, 6.07) is 6.72. The number of carbonyl (C=O) groups is 1. The highest BCUT2D eigenvalue weighted by Gasteiger charge is 2.29. The van der Waals surface area contributed by atoms with Crippen LogP contribution >= 0.6 is 0 Å². The van der Waals surface area contributed by atoms with Gasteiger partial charge in [-0.05, 0) is 19.1 Å². The molecule has 1 aromatic rings. The lowest BCUT2D eigenvalue weighted by Crippen LogP contribution is -2.46. The maximum atomic E-state index is 12.5. The summed E-state index contributed by atoms with van der Waals surface area (Å²) in [7, 11) is -3.84. The van der Waals surface area contributed by atoms with Crippen LogP contribution in [0.5, 0.6) is 0 Å². The monoisotopic (exact) mass is 300 g/mol. The van der Waals surface area contributed by atoms with Crippen molar-refractivity contribution in [1.29, 1.82) is 0 Å². The van der Waals surface area contributed by atoms with Crippen LogP contribution in [0.1, 0.15) is 19.4 Å². The van der Waals surface area contributed by atoms with E-state index in [1.54, 1.807) is 38.1 Å². The Labute approximate surface area is 119 Å². The molecule has 0 aliphatic rings. The highest BCUT2D eigenvalue weighted by Crippen LogP contribution is 2.20. The first-order valence-electron chi connectivity index (χ1n) is 6.39. The van der Waals surface area contributed by atoms with Crippen LogP contribution in [0.3, 0.4) is 0 Å². The average molecular weight is 300 g/mol. The number of anilines is 1. The maximum absolute atomic E-state index is 12.5. The van der Waals surface area contributed by atoms with E-state index in [-0.39, 0.29) is 0 Å². The lowest BCUT2D eigenvalue weighted by Gasteiger charge is -2.29. The maximum Gasteiger partial charge on any atom is 0.324 e. The van der Waals surface area contributed by atoms with Gasteiger partial charge in [0.15, 0.2) is 0 Å². The van der Waals surface area contributed by atoms with Gasteiger partial charge in [0.05, 0.1) is 5.69 Å². The summed E-state index contributed by atoms with van der Waals surface area (Å²) in [5.41, 5.74) is 1.33. The van der Waals surface area contributed by atoms with Crippen molar-refractivity contribution in [2.24, 2.45) is 0 Å². The molecule has 0 bridgehead atoms. The summed E-state index contributed by atoms with van der Waals surface area (Å²) in [5.74, 6) is -1.19. The van der Waals surface area contributed by atoms with Crippen molar-refractivity contribution in [3.05, 3.63) is 29.8 Å². The van der Waals surface area contributed by atoms with Gasteiger partial charge in [0.2, 0.25) is 0 Å². The van der Waals surface area contributed by atoms with Crippen LogP contribution < -0.4 is 4.31 Å². The van der Waals surface area contributed by atoms with Gasteiger partial charge in [0.1, 0.15) is 6.54 Å². The van der Waals surface area contributed by atoms with E-state index in [0.29, 0.717) is 18.8 Å². The molecule has 0 saturated heterocycles. The molecule has 20 heavy (non-hydrogen) atoms. The second-order valence-corrected chi connectivity index (χ2v) is 6.18. The number of nitrogens with zero attached hydrogens (tertiary/aromatic N) is 2. The predicted octanol–water partition coefficient (Wildman–Crippen LogP) is 1.47. The van der Waals surface area contributed by atoms with Gasteiger partial charge in [0, 0.05) is 13.1 Å². The van der Waals surface area contributed by atoms with Crippen molar-refractivity contribution >= 4 is 21.9 Å². The Morgan fingerprint density at radius 1 is 1.15 bits per heavy atom. The lowest BCUT2D eigenvalue weighted by molar-refractivity contribution is -0.135. The molecule has 1 aromatic carbocycles. The first kappa shape index (κ1) is 16.5. The van der Waals surface area contributed by atoms with Gasteiger partial charge in [-0.2, -0.15) is 12.7 Å². The number of carboxylic acid groups (broad SMARTS) is 1. The van der Waals surface area contributed by atoms with Crippen molar-refractivity contribution in [3.8, 4) is 0 Å². The number of aryl methyl sites for hydroxylation is 1. The minimum Gasteiger partial charge on any atom is -0.480 e. The molecule has 1 N–H and O–H groups in total. The van der Waals surface area contributed by atoms with Crippen LogP contribution in [0.25, 0.3) is 0 Å². The number of carboxylic acids is 1. The Hall–Kier alpha value is -1.60. The molecule has 0 aromatic heterocycles. The van der Waals surface area contributed by atoms with Crippen LogP contribution in [0.4, 0.5) is 5.69 Å². The van der Waals surface area contributed by atoms with Gasteiger partial charge >= 0.3 is 16.2 Å². The molecule has 0 heterocycles. The number of aliphatic carboxylic acids is 1. The average Bonchev–Trinajstić information content (AvgIpc) is 2.38. The molecule has 0 saturated carbocycles. The summed E-state index contributed by atoms with van der Waals surface area (Å²) < 4.78 is 27.2. The van der Waals surface area contributed by atoms with E-state index in [0.717, 1.165) is 9.87 Å². The Balaban J connectivity index is 3.25. The number of benzene rings is 1. The predicted molar refractivity (Wildman–Crippen MR) is 78.0 cm³/mol. The fraction of sp³-hybridized carbons (Fsp3) is 0.462. The van der Waals surface area contributed by atoms with Crippen molar-refractivity contribution in [3.63, 3.8) is 0 Å². The van der Waals surface area contributed by atoms with Crippen molar-refractivity contribution in [2.75, 3.05) is 23.9 Å². The van der Waals surface area contributed by atoms with Gasteiger partial charge in [-0.1, -0.05) is 31.5 Å². The summed E-state index contributed by atoms with van der Waals surface area (Å²) in [5, 5.41) is 8.97.